The predicted octanol–water partition coefficient (Wildman–Crippen LogP) is 4.86. The number of methoxy groups -OCH3 is 3. The van der Waals surface area contributed by atoms with Gasteiger partial charge >= 0.3 is 11.9 Å². The zero-order valence-corrected chi connectivity index (χ0v) is 18.6. The normalized spacial score (nSPS) is 12.7. The predicted molar refractivity (Wildman–Crippen MR) is 118 cm³/mol. The molecule has 0 aliphatic heterocycles. The SMILES string of the molecule is C=CC/C=C\C/C=C\CCCCCCC[C@@H](C(=O)OC)C(=O)/C(=C\C(=O)OC)OC. The fourth-order valence-electron chi connectivity index (χ4n) is 2.79. The van der Waals surface area contributed by atoms with Gasteiger partial charge in [-0.25, -0.2) is 4.79 Å². The lowest BCUT2D eigenvalue weighted by Crippen LogP contribution is -2.27. The third kappa shape index (κ3) is 12.8. The van der Waals surface area contributed by atoms with Gasteiger partial charge in [-0.15, -0.1) is 6.58 Å². The molecule has 0 aliphatic carbocycles. The van der Waals surface area contributed by atoms with E-state index in [9.17, 15) is 14.4 Å². The van der Waals surface area contributed by atoms with Crippen molar-refractivity contribution in [3.05, 3.63) is 48.8 Å². The molecular weight excluding hydrogens is 384 g/mol. The fraction of sp³-hybridized carbons (Fsp3) is 0.542. The van der Waals surface area contributed by atoms with E-state index in [-0.39, 0.29) is 5.76 Å². The summed E-state index contributed by atoms with van der Waals surface area (Å²) in [5, 5.41) is 0. The van der Waals surface area contributed by atoms with Gasteiger partial charge in [0, 0.05) is 0 Å². The van der Waals surface area contributed by atoms with Gasteiger partial charge in [0.05, 0.1) is 27.4 Å². The van der Waals surface area contributed by atoms with E-state index in [1.807, 2.05) is 6.08 Å². The summed E-state index contributed by atoms with van der Waals surface area (Å²) < 4.78 is 14.2. The first kappa shape index (κ1) is 27.4. The Labute approximate surface area is 180 Å². The number of carbonyl (C=O) groups is 3. The van der Waals surface area contributed by atoms with Crippen LogP contribution < -0.4 is 0 Å². The highest BCUT2D eigenvalue weighted by atomic mass is 16.5. The number of Topliss-reactive ketones (excluding diaryl/α,β-unsaturated/α-hetero) is 1. The third-order valence-electron chi connectivity index (χ3n) is 4.49. The summed E-state index contributed by atoms with van der Waals surface area (Å²) in [5.41, 5.74) is 0. The van der Waals surface area contributed by atoms with E-state index >= 15 is 0 Å². The number of rotatable bonds is 17. The Bertz CT molecular complexity index is 615. The lowest BCUT2D eigenvalue weighted by molar-refractivity contribution is -0.150. The Balaban J connectivity index is 4.28. The molecule has 0 unspecified atom stereocenters. The van der Waals surface area contributed by atoms with Crippen LogP contribution in [0.2, 0.25) is 0 Å². The van der Waals surface area contributed by atoms with Gasteiger partial charge in [-0.05, 0) is 32.1 Å². The molecule has 0 bridgehead atoms. The monoisotopic (exact) mass is 420 g/mol. The summed E-state index contributed by atoms with van der Waals surface area (Å²) in [7, 11) is 3.71. The first-order chi connectivity index (χ1) is 14.5. The Morgan fingerprint density at radius 3 is 2.07 bits per heavy atom. The van der Waals surface area contributed by atoms with Crippen LogP contribution in [0.25, 0.3) is 0 Å². The van der Waals surface area contributed by atoms with Crippen molar-refractivity contribution < 1.29 is 28.6 Å². The molecular formula is C24H36O6. The average Bonchev–Trinajstić information content (AvgIpc) is 2.76. The smallest absolute Gasteiger partial charge is 0.334 e. The van der Waals surface area contributed by atoms with Gasteiger partial charge in [-0.3, -0.25) is 9.59 Å². The molecule has 1 atom stereocenters. The maximum absolute atomic E-state index is 12.6. The summed E-state index contributed by atoms with van der Waals surface area (Å²) in [6.07, 6.45) is 19.5. The van der Waals surface area contributed by atoms with Crippen LogP contribution in [-0.4, -0.2) is 39.1 Å². The number of hydrogen-bond acceptors (Lipinski definition) is 6. The summed E-state index contributed by atoms with van der Waals surface area (Å²) in [4.78, 5) is 36.0. The average molecular weight is 421 g/mol. The molecule has 0 saturated carbocycles. The second-order valence-corrected chi connectivity index (χ2v) is 6.72. The highest BCUT2D eigenvalue weighted by molar-refractivity contribution is 6.09. The lowest BCUT2D eigenvalue weighted by Gasteiger charge is -2.14. The van der Waals surface area contributed by atoms with Crippen LogP contribution >= 0.6 is 0 Å². The molecule has 0 aromatic heterocycles. The second kappa shape index (κ2) is 18.4. The molecule has 0 spiro atoms. The first-order valence-corrected chi connectivity index (χ1v) is 10.4. The molecule has 0 rings (SSSR count). The number of ether oxygens (including phenoxy) is 3. The minimum atomic E-state index is -0.983. The summed E-state index contributed by atoms with van der Waals surface area (Å²) in [6, 6.07) is 0. The molecule has 0 heterocycles. The molecule has 0 aromatic carbocycles. The van der Waals surface area contributed by atoms with E-state index in [1.165, 1.54) is 21.3 Å². The van der Waals surface area contributed by atoms with E-state index in [2.05, 4.69) is 35.6 Å². The van der Waals surface area contributed by atoms with Crippen molar-refractivity contribution in [2.75, 3.05) is 21.3 Å². The van der Waals surface area contributed by atoms with Crippen molar-refractivity contribution >= 4 is 17.7 Å². The lowest BCUT2D eigenvalue weighted by atomic mass is 9.94. The van der Waals surface area contributed by atoms with Crippen molar-refractivity contribution in [1.29, 1.82) is 0 Å². The number of carbonyl (C=O) groups excluding carboxylic acids is 3. The quantitative estimate of drug-likeness (QED) is 0.0835. The Kier molecular flexibility index (Phi) is 16.8. The van der Waals surface area contributed by atoms with E-state index in [1.54, 1.807) is 0 Å². The molecule has 0 fully saturated rings. The molecule has 168 valence electrons. The largest absolute Gasteiger partial charge is 0.493 e. The topological polar surface area (TPSA) is 78.9 Å². The van der Waals surface area contributed by atoms with Crippen molar-refractivity contribution in [3.8, 4) is 0 Å². The van der Waals surface area contributed by atoms with Crippen LogP contribution in [0.4, 0.5) is 0 Å². The van der Waals surface area contributed by atoms with Gasteiger partial charge in [-0.2, -0.15) is 0 Å². The van der Waals surface area contributed by atoms with Gasteiger partial charge in [0.15, 0.2) is 5.76 Å². The molecule has 6 nitrogen and oxygen atoms in total. The second-order valence-electron chi connectivity index (χ2n) is 6.72. The third-order valence-corrected chi connectivity index (χ3v) is 4.49. The fourth-order valence-corrected chi connectivity index (χ4v) is 2.79. The van der Waals surface area contributed by atoms with Gasteiger partial charge in [0.1, 0.15) is 5.92 Å². The van der Waals surface area contributed by atoms with Crippen LogP contribution in [0.15, 0.2) is 48.8 Å². The summed E-state index contributed by atoms with van der Waals surface area (Å²) in [6.45, 7) is 3.67. The Morgan fingerprint density at radius 1 is 0.800 bits per heavy atom. The van der Waals surface area contributed by atoms with Crippen LogP contribution in [0, 0.1) is 5.92 Å². The van der Waals surface area contributed by atoms with Crippen LogP contribution in [0.3, 0.4) is 0 Å². The van der Waals surface area contributed by atoms with E-state index in [4.69, 9.17) is 9.47 Å². The van der Waals surface area contributed by atoms with E-state index in [0.717, 1.165) is 51.0 Å². The van der Waals surface area contributed by atoms with Gasteiger partial charge in [0.2, 0.25) is 5.78 Å². The van der Waals surface area contributed by atoms with E-state index < -0.39 is 23.6 Å². The molecule has 0 radical (unpaired) electrons. The maximum Gasteiger partial charge on any atom is 0.334 e. The highest BCUT2D eigenvalue weighted by Gasteiger charge is 2.30. The number of ketones is 1. The molecule has 0 N–H and O–H groups in total. The van der Waals surface area contributed by atoms with Crippen LogP contribution in [0.1, 0.15) is 57.8 Å². The van der Waals surface area contributed by atoms with Crippen LogP contribution in [0.5, 0.6) is 0 Å². The number of unbranched alkanes of at least 4 members (excludes halogenated alkanes) is 5. The molecule has 0 aliphatic rings. The molecule has 0 amide bonds. The van der Waals surface area contributed by atoms with Crippen LogP contribution in [-0.2, 0) is 28.6 Å². The molecule has 30 heavy (non-hydrogen) atoms. The molecule has 0 saturated heterocycles. The van der Waals surface area contributed by atoms with Crippen molar-refractivity contribution in [1.82, 2.24) is 0 Å². The number of allylic oxidation sites excluding steroid dienone is 6. The zero-order chi connectivity index (χ0) is 22.6. The minimum absolute atomic E-state index is 0.205. The first-order valence-electron chi connectivity index (χ1n) is 10.4. The summed E-state index contributed by atoms with van der Waals surface area (Å²) in [5.74, 6) is -3.10. The number of esters is 2. The Morgan fingerprint density at radius 2 is 1.43 bits per heavy atom. The van der Waals surface area contributed by atoms with Crippen molar-refractivity contribution in [2.45, 2.75) is 57.8 Å². The zero-order valence-electron chi connectivity index (χ0n) is 18.6. The molecule has 6 heteroatoms. The standard InChI is InChI=1S/C24H36O6/c1-5-6-7-8-9-10-11-12-13-14-15-16-17-18-20(24(27)30-4)23(26)21(28-2)19-22(25)29-3/h5,7-8,10-11,19-20H,1,6,9,12-18H2,2-4H3/b8-7-,11-10-,21-19+/t20-/m1/s1. The Hall–Kier alpha value is -2.63. The van der Waals surface area contributed by atoms with E-state index in [0.29, 0.717) is 12.8 Å². The number of hydrogen-bond donors (Lipinski definition) is 0. The maximum atomic E-state index is 12.6. The summed E-state index contributed by atoms with van der Waals surface area (Å²) >= 11 is 0. The highest BCUT2D eigenvalue weighted by Crippen LogP contribution is 2.19. The van der Waals surface area contributed by atoms with Gasteiger partial charge < -0.3 is 14.2 Å². The van der Waals surface area contributed by atoms with Crippen molar-refractivity contribution in [2.24, 2.45) is 5.92 Å². The minimum Gasteiger partial charge on any atom is -0.493 e. The van der Waals surface area contributed by atoms with Crippen molar-refractivity contribution in [3.63, 3.8) is 0 Å². The molecule has 0 aromatic rings. The van der Waals surface area contributed by atoms with Gasteiger partial charge in [-0.1, -0.05) is 56.1 Å². The van der Waals surface area contributed by atoms with Gasteiger partial charge in [0.25, 0.3) is 0 Å².